The highest BCUT2D eigenvalue weighted by Gasteiger charge is 2.17. The van der Waals surface area contributed by atoms with E-state index in [0.717, 1.165) is 39.8 Å². The van der Waals surface area contributed by atoms with Gasteiger partial charge in [0.15, 0.2) is 5.16 Å². The summed E-state index contributed by atoms with van der Waals surface area (Å²) in [6, 6.07) is 12.6. The van der Waals surface area contributed by atoms with E-state index < -0.39 is 10.0 Å². The fourth-order valence-corrected chi connectivity index (χ4v) is 5.25. The van der Waals surface area contributed by atoms with Crippen molar-refractivity contribution in [3.05, 3.63) is 59.8 Å². The molecule has 3 aromatic rings. The number of anilines is 1. The Balaban J connectivity index is 1.56. The molecule has 0 saturated carbocycles. The summed E-state index contributed by atoms with van der Waals surface area (Å²) in [5.41, 5.74) is 4.27. The number of thioether (sulfide) groups is 1. The minimum absolute atomic E-state index is 0.279. The monoisotopic (exact) mass is 385 g/mol. The number of hydrogen-bond donors (Lipinski definition) is 1. The molecule has 0 saturated heterocycles. The van der Waals surface area contributed by atoms with Gasteiger partial charge < -0.3 is 4.57 Å². The van der Waals surface area contributed by atoms with Crippen molar-refractivity contribution in [1.29, 1.82) is 0 Å². The summed E-state index contributed by atoms with van der Waals surface area (Å²) in [5, 5.41) is 1.04. The minimum Gasteiger partial charge on any atom is -0.325 e. The summed E-state index contributed by atoms with van der Waals surface area (Å²) in [7, 11) is -3.61. The molecule has 0 bridgehead atoms. The fraction of sp³-hybridized carbons (Fsp3) is 0.211. The first-order chi connectivity index (χ1) is 12.4. The zero-order valence-corrected chi connectivity index (χ0v) is 16.2. The Bertz CT molecular complexity index is 1030. The second-order valence-electron chi connectivity index (χ2n) is 6.46. The number of hydrogen-bond acceptors (Lipinski definition) is 4. The highest BCUT2D eigenvalue weighted by atomic mass is 32.2. The van der Waals surface area contributed by atoms with E-state index in [1.165, 1.54) is 0 Å². The molecular weight excluding hydrogens is 366 g/mol. The molecular formula is C19H19N3O2S2. The third-order valence-corrected chi connectivity index (χ3v) is 6.57. The fourth-order valence-electron chi connectivity index (χ4n) is 3.06. The van der Waals surface area contributed by atoms with Gasteiger partial charge in [-0.05, 0) is 49.2 Å². The second kappa shape index (κ2) is 6.48. The van der Waals surface area contributed by atoms with Gasteiger partial charge in [0.2, 0.25) is 0 Å². The van der Waals surface area contributed by atoms with Crippen molar-refractivity contribution < 1.29 is 8.42 Å². The first-order valence-corrected chi connectivity index (χ1v) is 10.8. The molecule has 1 aromatic heterocycles. The van der Waals surface area contributed by atoms with E-state index in [1.807, 2.05) is 38.2 Å². The van der Waals surface area contributed by atoms with E-state index in [2.05, 4.69) is 14.3 Å². The van der Waals surface area contributed by atoms with Gasteiger partial charge in [-0.1, -0.05) is 30.0 Å². The molecule has 0 amide bonds. The maximum absolute atomic E-state index is 12.6. The smallest absolute Gasteiger partial charge is 0.261 e. The summed E-state index contributed by atoms with van der Waals surface area (Å²) >= 11 is 1.75. The van der Waals surface area contributed by atoms with Crippen molar-refractivity contribution in [3.8, 4) is 11.3 Å². The van der Waals surface area contributed by atoms with Crippen LogP contribution in [0, 0.1) is 13.8 Å². The number of nitrogens with one attached hydrogen (secondary N) is 1. The molecule has 5 nitrogen and oxygen atoms in total. The Morgan fingerprint density at radius 3 is 2.42 bits per heavy atom. The Kier molecular flexibility index (Phi) is 4.28. The molecule has 2 heterocycles. The highest BCUT2D eigenvalue weighted by Crippen LogP contribution is 2.29. The van der Waals surface area contributed by atoms with Crippen molar-refractivity contribution >= 4 is 27.5 Å². The molecule has 4 rings (SSSR count). The van der Waals surface area contributed by atoms with Gasteiger partial charge >= 0.3 is 0 Å². The second-order valence-corrected chi connectivity index (χ2v) is 9.20. The molecule has 0 radical (unpaired) electrons. The normalized spacial score (nSPS) is 13.6. The van der Waals surface area contributed by atoms with Crippen molar-refractivity contribution in [2.45, 2.75) is 30.4 Å². The predicted molar refractivity (Wildman–Crippen MR) is 105 cm³/mol. The maximum atomic E-state index is 12.6. The van der Waals surface area contributed by atoms with Crippen LogP contribution in [0.5, 0.6) is 0 Å². The van der Waals surface area contributed by atoms with Crippen LogP contribution >= 0.6 is 11.8 Å². The largest absolute Gasteiger partial charge is 0.325 e. The third kappa shape index (κ3) is 3.37. The number of fused-ring (bicyclic) bond motifs is 1. The molecule has 0 unspecified atom stereocenters. The van der Waals surface area contributed by atoms with Gasteiger partial charge in [-0.15, -0.1) is 0 Å². The Morgan fingerprint density at radius 2 is 1.77 bits per heavy atom. The quantitative estimate of drug-likeness (QED) is 0.735. The number of rotatable bonds is 4. The summed E-state index contributed by atoms with van der Waals surface area (Å²) in [5.74, 6) is 1.07. The van der Waals surface area contributed by atoms with E-state index >= 15 is 0 Å². The van der Waals surface area contributed by atoms with Crippen LogP contribution in [-0.2, 0) is 16.6 Å². The summed E-state index contributed by atoms with van der Waals surface area (Å²) in [6.45, 7) is 4.77. The molecule has 7 heteroatoms. The van der Waals surface area contributed by atoms with E-state index in [9.17, 15) is 8.42 Å². The zero-order valence-electron chi connectivity index (χ0n) is 14.6. The molecule has 0 spiro atoms. The predicted octanol–water partition coefficient (Wildman–Crippen LogP) is 4.07. The number of nitrogens with zero attached hydrogens (tertiary/aromatic N) is 2. The van der Waals surface area contributed by atoms with Crippen LogP contribution in [-0.4, -0.2) is 23.7 Å². The van der Waals surface area contributed by atoms with Crippen LogP contribution < -0.4 is 4.72 Å². The van der Waals surface area contributed by atoms with Gasteiger partial charge in [0.05, 0.1) is 10.6 Å². The van der Waals surface area contributed by atoms with E-state index in [0.29, 0.717) is 5.69 Å². The highest BCUT2D eigenvalue weighted by molar-refractivity contribution is 7.99. The number of sulfonamides is 1. The number of benzene rings is 2. The van der Waals surface area contributed by atoms with Gasteiger partial charge in [0, 0.05) is 29.7 Å². The minimum atomic E-state index is -3.61. The molecule has 26 heavy (non-hydrogen) atoms. The zero-order chi connectivity index (χ0) is 18.3. The van der Waals surface area contributed by atoms with E-state index in [4.69, 9.17) is 0 Å². The SMILES string of the molecule is Cc1cc(C)cc(S(=O)(=O)Nc2ccc(-c3cn4c(n3)SCC4)cc2)c1. The van der Waals surface area contributed by atoms with Crippen LogP contribution in [0.15, 0.2) is 58.7 Å². The number of aryl methyl sites for hydroxylation is 3. The van der Waals surface area contributed by atoms with Crippen molar-refractivity contribution in [2.24, 2.45) is 0 Å². The Morgan fingerprint density at radius 1 is 1.08 bits per heavy atom. The molecule has 0 fully saturated rings. The van der Waals surface area contributed by atoms with E-state index in [-0.39, 0.29) is 4.90 Å². The molecule has 2 aromatic carbocycles. The van der Waals surface area contributed by atoms with Crippen LogP contribution in [0.3, 0.4) is 0 Å². The first kappa shape index (κ1) is 17.2. The van der Waals surface area contributed by atoms with Gasteiger partial charge in [-0.2, -0.15) is 0 Å². The summed E-state index contributed by atoms with van der Waals surface area (Å²) in [6.07, 6.45) is 2.05. The van der Waals surface area contributed by atoms with Crippen LogP contribution in [0.1, 0.15) is 11.1 Å². The average molecular weight is 386 g/mol. The standard InChI is InChI=1S/C19H19N3O2S2/c1-13-9-14(2)11-17(10-13)26(23,24)21-16-5-3-15(4-6-16)18-12-22-7-8-25-19(22)20-18/h3-6,9-12,21H,7-8H2,1-2H3. The van der Waals surface area contributed by atoms with Crippen LogP contribution in [0.2, 0.25) is 0 Å². The van der Waals surface area contributed by atoms with Gasteiger partial charge in [-0.3, -0.25) is 4.72 Å². The number of aromatic nitrogens is 2. The summed E-state index contributed by atoms with van der Waals surface area (Å²) in [4.78, 5) is 4.90. The molecule has 1 N–H and O–H groups in total. The van der Waals surface area contributed by atoms with Crippen LogP contribution in [0.25, 0.3) is 11.3 Å². The Hall–Kier alpha value is -2.25. The van der Waals surface area contributed by atoms with Crippen molar-refractivity contribution in [3.63, 3.8) is 0 Å². The van der Waals surface area contributed by atoms with Crippen molar-refractivity contribution in [2.75, 3.05) is 10.5 Å². The van der Waals surface area contributed by atoms with Gasteiger partial charge in [0.1, 0.15) is 0 Å². The number of imidazole rings is 1. The average Bonchev–Trinajstić information content (AvgIpc) is 3.16. The molecule has 0 aliphatic carbocycles. The van der Waals surface area contributed by atoms with Gasteiger partial charge in [-0.25, -0.2) is 13.4 Å². The van der Waals surface area contributed by atoms with Gasteiger partial charge in [0.25, 0.3) is 10.0 Å². The van der Waals surface area contributed by atoms with Crippen LogP contribution in [0.4, 0.5) is 5.69 Å². The third-order valence-electron chi connectivity index (χ3n) is 4.24. The maximum Gasteiger partial charge on any atom is 0.261 e. The van der Waals surface area contributed by atoms with Crippen molar-refractivity contribution in [1.82, 2.24) is 9.55 Å². The molecule has 134 valence electrons. The topological polar surface area (TPSA) is 64.0 Å². The molecule has 1 aliphatic rings. The lowest BCUT2D eigenvalue weighted by Gasteiger charge is -2.10. The molecule has 0 atom stereocenters. The summed E-state index contributed by atoms with van der Waals surface area (Å²) < 4.78 is 30.1. The lowest BCUT2D eigenvalue weighted by molar-refractivity contribution is 0.601. The Labute approximate surface area is 157 Å². The first-order valence-electron chi connectivity index (χ1n) is 8.32. The molecule has 1 aliphatic heterocycles. The lowest BCUT2D eigenvalue weighted by atomic mass is 10.1. The van der Waals surface area contributed by atoms with E-state index in [1.54, 1.807) is 36.0 Å². The lowest BCUT2D eigenvalue weighted by Crippen LogP contribution is -2.13.